The van der Waals surface area contributed by atoms with Crippen LogP contribution in [0.5, 0.6) is 0 Å². The Kier molecular flexibility index (Phi) is 6.28. The fraction of sp³-hybridized carbons (Fsp3) is 0.462. The van der Waals surface area contributed by atoms with Crippen LogP contribution in [-0.2, 0) is 24.8 Å². The van der Waals surface area contributed by atoms with Gasteiger partial charge in [0.1, 0.15) is 0 Å². The largest absolute Gasteiger partial charge is 0.353 e. The van der Waals surface area contributed by atoms with Crippen molar-refractivity contribution in [3.05, 3.63) is 24.3 Å². The van der Waals surface area contributed by atoms with E-state index < -0.39 is 26.0 Å². The molecule has 0 atom stereocenters. The third-order valence-electron chi connectivity index (χ3n) is 2.89. The van der Waals surface area contributed by atoms with Crippen molar-refractivity contribution in [1.82, 2.24) is 9.62 Å². The van der Waals surface area contributed by atoms with Gasteiger partial charge < -0.3 is 5.32 Å². The summed E-state index contributed by atoms with van der Waals surface area (Å²) in [5, 5.41) is 7.62. The van der Waals surface area contributed by atoms with Gasteiger partial charge in [0.05, 0.1) is 16.3 Å². The standard InChI is InChI=1S/C13H21N3O5S2/c1-4-16(9-13(17)15-10(2)3)23(20,21)12-7-5-6-11(8-12)22(14,18)19/h5-8,10H,4,9H2,1-3H3,(H,15,17)(H2,14,18,19). The lowest BCUT2D eigenvalue weighted by molar-refractivity contribution is -0.121. The summed E-state index contributed by atoms with van der Waals surface area (Å²) in [5.74, 6) is -0.437. The first kappa shape index (κ1) is 19.6. The van der Waals surface area contributed by atoms with Crippen molar-refractivity contribution in [2.24, 2.45) is 5.14 Å². The van der Waals surface area contributed by atoms with E-state index in [-0.39, 0.29) is 28.9 Å². The highest BCUT2D eigenvalue weighted by atomic mass is 32.2. The Morgan fingerprint density at radius 1 is 1.22 bits per heavy atom. The highest BCUT2D eigenvalue weighted by Gasteiger charge is 2.26. The molecule has 0 spiro atoms. The summed E-state index contributed by atoms with van der Waals surface area (Å²) in [4.78, 5) is 11.3. The number of carbonyl (C=O) groups is 1. The van der Waals surface area contributed by atoms with Gasteiger partial charge in [-0.25, -0.2) is 22.0 Å². The molecule has 8 nitrogen and oxygen atoms in total. The van der Waals surface area contributed by atoms with Gasteiger partial charge in [0.25, 0.3) is 0 Å². The van der Waals surface area contributed by atoms with Crippen molar-refractivity contribution in [3.63, 3.8) is 0 Å². The molecule has 3 N–H and O–H groups in total. The van der Waals surface area contributed by atoms with E-state index in [1.54, 1.807) is 20.8 Å². The van der Waals surface area contributed by atoms with Crippen molar-refractivity contribution in [1.29, 1.82) is 0 Å². The fourth-order valence-corrected chi connectivity index (χ4v) is 3.94. The number of nitrogens with two attached hydrogens (primary N) is 1. The van der Waals surface area contributed by atoms with E-state index in [0.717, 1.165) is 10.4 Å². The van der Waals surface area contributed by atoms with Crippen molar-refractivity contribution in [3.8, 4) is 0 Å². The number of primary sulfonamides is 1. The number of benzene rings is 1. The molecule has 1 amide bonds. The van der Waals surface area contributed by atoms with Crippen LogP contribution in [-0.4, -0.2) is 46.2 Å². The summed E-state index contributed by atoms with van der Waals surface area (Å²) in [7, 11) is -8.03. The van der Waals surface area contributed by atoms with Crippen molar-refractivity contribution >= 4 is 26.0 Å². The number of amides is 1. The first-order valence-electron chi connectivity index (χ1n) is 6.91. The minimum atomic E-state index is -4.02. The van der Waals surface area contributed by atoms with Crippen LogP contribution in [0.3, 0.4) is 0 Å². The zero-order valence-electron chi connectivity index (χ0n) is 13.2. The number of hydrogen-bond donors (Lipinski definition) is 2. The molecule has 0 saturated carbocycles. The number of likely N-dealkylation sites (N-methyl/N-ethyl adjacent to an activating group) is 1. The Bertz CT molecular complexity index is 773. The van der Waals surface area contributed by atoms with Gasteiger partial charge in [0.15, 0.2) is 0 Å². The summed E-state index contributed by atoms with van der Waals surface area (Å²) in [6, 6.07) is 4.61. The molecular formula is C13H21N3O5S2. The maximum absolute atomic E-state index is 12.6. The average molecular weight is 363 g/mol. The summed E-state index contributed by atoms with van der Waals surface area (Å²) in [6.07, 6.45) is 0. The normalized spacial score (nSPS) is 12.6. The van der Waals surface area contributed by atoms with Crippen LogP contribution in [0.25, 0.3) is 0 Å². The van der Waals surface area contributed by atoms with E-state index >= 15 is 0 Å². The SMILES string of the molecule is CCN(CC(=O)NC(C)C)S(=O)(=O)c1cccc(S(N)(=O)=O)c1. The monoisotopic (exact) mass is 363 g/mol. The summed E-state index contributed by atoms with van der Waals surface area (Å²) >= 11 is 0. The van der Waals surface area contributed by atoms with Gasteiger partial charge in [0, 0.05) is 12.6 Å². The number of carbonyl (C=O) groups excluding carboxylic acids is 1. The van der Waals surface area contributed by atoms with Crippen LogP contribution < -0.4 is 10.5 Å². The highest BCUT2D eigenvalue weighted by Crippen LogP contribution is 2.18. The predicted octanol–water partition coefficient (Wildman–Crippen LogP) is -0.131. The number of hydrogen-bond acceptors (Lipinski definition) is 5. The van der Waals surface area contributed by atoms with Gasteiger partial charge >= 0.3 is 0 Å². The summed E-state index contributed by atoms with van der Waals surface area (Å²) in [6.45, 7) is 4.82. The van der Waals surface area contributed by atoms with Gasteiger partial charge in [-0.05, 0) is 32.0 Å². The van der Waals surface area contributed by atoms with E-state index in [1.165, 1.54) is 18.2 Å². The summed E-state index contributed by atoms with van der Waals surface area (Å²) < 4.78 is 48.8. The second-order valence-corrected chi connectivity index (χ2v) is 8.67. The van der Waals surface area contributed by atoms with Crippen LogP contribution in [0, 0.1) is 0 Å². The van der Waals surface area contributed by atoms with Gasteiger partial charge in [-0.1, -0.05) is 13.0 Å². The smallest absolute Gasteiger partial charge is 0.243 e. The second kappa shape index (κ2) is 7.39. The van der Waals surface area contributed by atoms with Gasteiger partial charge in [-0.2, -0.15) is 4.31 Å². The van der Waals surface area contributed by atoms with Gasteiger partial charge in [0.2, 0.25) is 26.0 Å². The molecule has 0 aliphatic heterocycles. The summed E-state index contributed by atoms with van der Waals surface area (Å²) in [5.41, 5.74) is 0. The van der Waals surface area contributed by atoms with Crippen LogP contribution in [0.1, 0.15) is 20.8 Å². The molecule has 0 bridgehead atoms. The van der Waals surface area contributed by atoms with Crippen molar-refractivity contribution in [2.75, 3.05) is 13.1 Å². The molecule has 0 fully saturated rings. The third-order valence-corrected chi connectivity index (χ3v) is 5.72. The Labute approximate surface area is 136 Å². The molecule has 1 rings (SSSR count). The molecule has 0 heterocycles. The van der Waals surface area contributed by atoms with Crippen molar-refractivity contribution in [2.45, 2.75) is 36.6 Å². The lowest BCUT2D eigenvalue weighted by atomic mass is 10.4. The first-order chi connectivity index (χ1) is 10.5. The zero-order chi connectivity index (χ0) is 17.8. The lowest BCUT2D eigenvalue weighted by Gasteiger charge is -2.21. The van der Waals surface area contributed by atoms with E-state index in [1.807, 2.05) is 0 Å². The Balaban J connectivity index is 3.15. The van der Waals surface area contributed by atoms with Gasteiger partial charge in [-0.15, -0.1) is 0 Å². The molecule has 0 aromatic heterocycles. The molecule has 0 unspecified atom stereocenters. The Morgan fingerprint density at radius 2 is 1.78 bits per heavy atom. The van der Waals surface area contributed by atoms with Crippen LogP contribution >= 0.6 is 0 Å². The zero-order valence-corrected chi connectivity index (χ0v) is 14.8. The molecule has 0 saturated heterocycles. The Morgan fingerprint density at radius 3 is 2.26 bits per heavy atom. The molecule has 0 aliphatic carbocycles. The van der Waals surface area contributed by atoms with E-state index in [4.69, 9.17) is 5.14 Å². The molecule has 1 aromatic carbocycles. The minimum absolute atomic E-state index is 0.0629. The van der Waals surface area contributed by atoms with E-state index in [9.17, 15) is 21.6 Å². The average Bonchev–Trinajstić information content (AvgIpc) is 2.43. The van der Waals surface area contributed by atoms with Crippen LogP contribution in [0.2, 0.25) is 0 Å². The fourth-order valence-electron chi connectivity index (χ4n) is 1.86. The second-order valence-electron chi connectivity index (χ2n) is 5.17. The maximum Gasteiger partial charge on any atom is 0.243 e. The maximum atomic E-state index is 12.6. The number of nitrogens with zero attached hydrogens (tertiary/aromatic N) is 1. The molecular weight excluding hydrogens is 342 g/mol. The number of nitrogens with one attached hydrogen (secondary N) is 1. The third kappa shape index (κ3) is 5.27. The molecule has 23 heavy (non-hydrogen) atoms. The number of sulfonamides is 2. The quantitative estimate of drug-likeness (QED) is 0.698. The first-order valence-corrected chi connectivity index (χ1v) is 9.89. The molecule has 130 valence electrons. The molecule has 0 aliphatic rings. The topological polar surface area (TPSA) is 127 Å². The van der Waals surface area contributed by atoms with Crippen molar-refractivity contribution < 1.29 is 21.6 Å². The van der Waals surface area contributed by atoms with Gasteiger partial charge in [-0.3, -0.25) is 4.79 Å². The number of rotatable bonds is 7. The molecule has 0 radical (unpaired) electrons. The highest BCUT2D eigenvalue weighted by molar-refractivity contribution is 7.90. The van der Waals surface area contributed by atoms with Crippen LogP contribution in [0.4, 0.5) is 0 Å². The predicted molar refractivity (Wildman–Crippen MR) is 85.5 cm³/mol. The minimum Gasteiger partial charge on any atom is -0.353 e. The molecule has 10 heteroatoms. The Hall–Kier alpha value is -1.49. The lowest BCUT2D eigenvalue weighted by Crippen LogP contribution is -2.42. The van der Waals surface area contributed by atoms with E-state index in [2.05, 4.69) is 5.32 Å². The van der Waals surface area contributed by atoms with E-state index in [0.29, 0.717) is 0 Å². The molecule has 1 aromatic rings. The van der Waals surface area contributed by atoms with Crippen LogP contribution in [0.15, 0.2) is 34.1 Å².